The molecule has 1 rings (SSSR count). The molecule has 0 aliphatic carbocycles. The minimum Gasteiger partial charge on any atom is -0.466 e. The standard InChI is InChI=1S/C15H28O4/c16-13-9-6-4-2-1-3-5-7-11-15(18)19-12-8-10-14(13)17/h13-14,16-17H,1-12H2/t13-,14-/m1/s1. The molecule has 4 nitrogen and oxygen atoms in total. The Morgan fingerprint density at radius 2 is 1.32 bits per heavy atom. The lowest BCUT2D eigenvalue weighted by Gasteiger charge is -2.17. The van der Waals surface area contributed by atoms with Crippen LogP contribution in [0.5, 0.6) is 0 Å². The lowest BCUT2D eigenvalue weighted by atomic mass is 10.0. The lowest BCUT2D eigenvalue weighted by molar-refractivity contribution is -0.144. The molecule has 4 heteroatoms. The molecule has 112 valence electrons. The van der Waals surface area contributed by atoms with Crippen molar-refractivity contribution < 1.29 is 19.7 Å². The molecule has 2 N–H and O–H groups in total. The van der Waals surface area contributed by atoms with Crippen LogP contribution in [0.3, 0.4) is 0 Å². The number of hydrogen-bond donors (Lipinski definition) is 2. The first kappa shape index (κ1) is 16.4. The average Bonchev–Trinajstić information content (AvgIpc) is 2.40. The van der Waals surface area contributed by atoms with Gasteiger partial charge in [-0.25, -0.2) is 0 Å². The molecule has 1 aliphatic rings. The van der Waals surface area contributed by atoms with Gasteiger partial charge in [-0.15, -0.1) is 0 Å². The van der Waals surface area contributed by atoms with Gasteiger partial charge in [-0.2, -0.15) is 0 Å². The maximum absolute atomic E-state index is 11.4. The molecule has 1 heterocycles. The van der Waals surface area contributed by atoms with Gasteiger partial charge in [0, 0.05) is 6.42 Å². The highest BCUT2D eigenvalue weighted by molar-refractivity contribution is 5.69. The first-order valence-electron chi connectivity index (χ1n) is 7.72. The fraction of sp³-hybridized carbons (Fsp3) is 0.933. The van der Waals surface area contributed by atoms with Crippen LogP contribution in [-0.2, 0) is 9.53 Å². The molecule has 1 saturated heterocycles. The van der Waals surface area contributed by atoms with E-state index in [4.69, 9.17) is 4.74 Å². The number of carbonyl (C=O) groups excluding carboxylic acids is 1. The van der Waals surface area contributed by atoms with Crippen molar-refractivity contribution in [2.75, 3.05) is 6.61 Å². The number of ether oxygens (including phenoxy) is 1. The molecule has 1 fully saturated rings. The van der Waals surface area contributed by atoms with Crippen LogP contribution in [0.4, 0.5) is 0 Å². The molecule has 0 spiro atoms. The molecule has 0 saturated carbocycles. The number of esters is 1. The highest BCUT2D eigenvalue weighted by Crippen LogP contribution is 2.14. The van der Waals surface area contributed by atoms with Crippen LogP contribution >= 0.6 is 0 Å². The highest BCUT2D eigenvalue weighted by Gasteiger charge is 2.15. The minimum absolute atomic E-state index is 0.137. The summed E-state index contributed by atoms with van der Waals surface area (Å²) in [5.41, 5.74) is 0. The second-order valence-electron chi connectivity index (χ2n) is 5.51. The predicted octanol–water partition coefficient (Wildman–Crippen LogP) is 2.56. The monoisotopic (exact) mass is 272 g/mol. The van der Waals surface area contributed by atoms with Crippen molar-refractivity contribution in [1.29, 1.82) is 0 Å². The van der Waals surface area contributed by atoms with Crippen LogP contribution < -0.4 is 0 Å². The van der Waals surface area contributed by atoms with Gasteiger partial charge in [0.2, 0.25) is 0 Å². The van der Waals surface area contributed by atoms with Crippen LogP contribution in [0.25, 0.3) is 0 Å². The Hall–Kier alpha value is -0.610. The molecule has 0 aromatic heterocycles. The number of rotatable bonds is 0. The van der Waals surface area contributed by atoms with E-state index in [9.17, 15) is 15.0 Å². The van der Waals surface area contributed by atoms with E-state index in [-0.39, 0.29) is 5.97 Å². The molecule has 0 aromatic rings. The zero-order chi connectivity index (χ0) is 13.9. The van der Waals surface area contributed by atoms with E-state index in [1.807, 2.05) is 0 Å². The molecule has 0 radical (unpaired) electrons. The summed E-state index contributed by atoms with van der Waals surface area (Å²) in [6.45, 7) is 0.350. The summed E-state index contributed by atoms with van der Waals surface area (Å²) in [6, 6.07) is 0. The van der Waals surface area contributed by atoms with Gasteiger partial charge in [0.15, 0.2) is 0 Å². The van der Waals surface area contributed by atoms with Gasteiger partial charge in [0.05, 0.1) is 18.8 Å². The fourth-order valence-electron chi connectivity index (χ4n) is 2.44. The predicted molar refractivity (Wildman–Crippen MR) is 73.8 cm³/mol. The third-order valence-corrected chi connectivity index (χ3v) is 3.73. The van der Waals surface area contributed by atoms with Crippen LogP contribution in [0.1, 0.15) is 70.6 Å². The largest absolute Gasteiger partial charge is 0.466 e. The quantitative estimate of drug-likeness (QED) is 0.665. The Bertz CT molecular complexity index is 242. The Morgan fingerprint density at radius 1 is 0.789 bits per heavy atom. The number of hydrogen-bond acceptors (Lipinski definition) is 4. The van der Waals surface area contributed by atoms with E-state index in [2.05, 4.69) is 0 Å². The summed E-state index contributed by atoms with van der Waals surface area (Å²) in [5, 5.41) is 19.5. The van der Waals surface area contributed by atoms with Gasteiger partial charge in [0.25, 0.3) is 0 Å². The van der Waals surface area contributed by atoms with Crippen LogP contribution in [0, 0.1) is 0 Å². The molecule has 0 amide bonds. The van der Waals surface area contributed by atoms with Crippen molar-refractivity contribution in [2.24, 2.45) is 0 Å². The Morgan fingerprint density at radius 3 is 2.00 bits per heavy atom. The molecule has 0 unspecified atom stereocenters. The van der Waals surface area contributed by atoms with Gasteiger partial charge in [-0.05, 0) is 25.7 Å². The zero-order valence-corrected chi connectivity index (χ0v) is 11.9. The Kier molecular flexibility index (Phi) is 8.84. The summed E-state index contributed by atoms with van der Waals surface area (Å²) in [7, 11) is 0. The Balaban J connectivity index is 2.29. The number of aliphatic hydroxyl groups is 2. The van der Waals surface area contributed by atoms with E-state index in [0.29, 0.717) is 32.3 Å². The summed E-state index contributed by atoms with van der Waals surface area (Å²) in [4.78, 5) is 11.4. The average molecular weight is 272 g/mol. The van der Waals surface area contributed by atoms with Gasteiger partial charge in [-0.3, -0.25) is 4.79 Å². The van der Waals surface area contributed by atoms with Gasteiger partial charge >= 0.3 is 5.97 Å². The van der Waals surface area contributed by atoms with Crippen LogP contribution in [0.15, 0.2) is 0 Å². The topological polar surface area (TPSA) is 66.8 Å². The summed E-state index contributed by atoms with van der Waals surface area (Å²) < 4.78 is 5.09. The maximum Gasteiger partial charge on any atom is 0.305 e. The van der Waals surface area contributed by atoms with Gasteiger partial charge in [0.1, 0.15) is 0 Å². The van der Waals surface area contributed by atoms with Crippen molar-refractivity contribution >= 4 is 5.97 Å². The number of aliphatic hydroxyl groups excluding tert-OH is 2. The first-order valence-corrected chi connectivity index (χ1v) is 7.72. The van der Waals surface area contributed by atoms with Gasteiger partial charge in [-0.1, -0.05) is 38.5 Å². The number of cyclic esters (lactones) is 1. The van der Waals surface area contributed by atoms with E-state index < -0.39 is 12.2 Å². The molecule has 1 aliphatic heterocycles. The normalized spacial score (nSPS) is 29.7. The van der Waals surface area contributed by atoms with Crippen molar-refractivity contribution in [2.45, 2.75) is 82.8 Å². The molecular formula is C15H28O4. The SMILES string of the molecule is O=C1CCCCCCCCC[C@@H](O)[C@H](O)CCCO1. The molecule has 0 bridgehead atoms. The van der Waals surface area contributed by atoms with E-state index in [0.717, 1.165) is 25.7 Å². The zero-order valence-electron chi connectivity index (χ0n) is 11.9. The van der Waals surface area contributed by atoms with E-state index in [1.54, 1.807) is 0 Å². The summed E-state index contributed by atoms with van der Waals surface area (Å²) >= 11 is 0. The van der Waals surface area contributed by atoms with Crippen molar-refractivity contribution in [3.63, 3.8) is 0 Å². The lowest BCUT2D eigenvalue weighted by Crippen LogP contribution is -2.26. The molecule has 19 heavy (non-hydrogen) atoms. The third-order valence-electron chi connectivity index (χ3n) is 3.73. The number of carbonyl (C=O) groups is 1. The smallest absolute Gasteiger partial charge is 0.305 e. The van der Waals surface area contributed by atoms with Crippen molar-refractivity contribution in [3.05, 3.63) is 0 Å². The second kappa shape index (κ2) is 10.2. The van der Waals surface area contributed by atoms with E-state index in [1.165, 1.54) is 19.3 Å². The van der Waals surface area contributed by atoms with E-state index >= 15 is 0 Å². The van der Waals surface area contributed by atoms with Crippen LogP contribution in [0.2, 0.25) is 0 Å². The summed E-state index contributed by atoms with van der Waals surface area (Å²) in [5.74, 6) is -0.137. The van der Waals surface area contributed by atoms with Crippen LogP contribution in [-0.4, -0.2) is 35.0 Å². The second-order valence-corrected chi connectivity index (χ2v) is 5.51. The molecule has 2 atom stereocenters. The maximum atomic E-state index is 11.4. The Labute approximate surface area is 116 Å². The van der Waals surface area contributed by atoms with Crippen molar-refractivity contribution in [3.8, 4) is 0 Å². The van der Waals surface area contributed by atoms with Gasteiger partial charge < -0.3 is 14.9 Å². The highest BCUT2D eigenvalue weighted by atomic mass is 16.5. The first-order chi connectivity index (χ1) is 9.20. The molecular weight excluding hydrogens is 244 g/mol. The van der Waals surface area contributed by atoms with Crippen molar-refractivity contribution in [1.82, 2.24) is 0 Å². The molecule has 0 aromatic carbocycles. The summed E-state index contributed by atoms with van der Waals surface area (Å²) in [6.07, 6.45) is 8.59. The third kappa shape index (κ3) is 8.22. The fourth-order valence-corrected chi connectivity index (χ4v) is 2.44. The minimum atomic E-state index is -0.688.